The lowest BCUT2D eigenvalue weighted by molar-refractivity contribution is 0.0951. The number of benzene rings is 2. The topological polar surface area (TPSA) is 38.3 Å². The first-order valence-corrected chi connectivity index (χ1v) is 6.66. The van der Waals surface area contributed by atoms with E-state index in [1.165, 1.54) is 0 Å². The average molecular weight is 290 g/mol. The Bertz CT molecular complexity index is 626. The van der Waals surface area contributed by atoms with E-state index in [0.29, 0.717) is 17.1 Å². The smallest absolute Gasteiger partial charge is 0.253 e. The summed E-state index contributed by atoms with van der Waals surface area (Å²) in [5, 5.41) is 3.31. The van der Waals surface area contributed by atoms with E-state index >= 15 is 0 Å². The highest BCUT2D eigenvalue weighted by atomic mass is 35.5. The molecule has 0 fully saturated rings. The summed E-state index contributed by atoms with van der Waals surface area (Å²) in [6, 6.07) is 12.9. The first-order chi connectivity index (χ1) is 9.61. The fourth-order valence-electron chi connectivity index (χ4n) is 1.92. The zero-order valence-corrected chi connectivity index (χ0v) is 12.2. The number of nitrogens with one attached hydrogen (secondary N) is 1. The Balaban J connectivity index is 2.09. The third-order valence-corrected chi connectivity index (χ3v) is 3.31. The van der Waals surface area contributed by atoms with Crippen molar-refractivity contribution in [2.24, 2.45) is 0 Å². The molecule has 2 aromatic carbocycles. The van der Waals surface area contributed by atoms with E-state index in [1.54, 1.807) is 19.2 Å². The van der Waals surface area contributed by atoms with Crippen LogP contribution in [0.15, 0.2) is 42.5 Å². The van der Waals surface area contributed by atoms with E-state index in [2.05, 4.69) is 5.32 Å². The molecule has 20 heavy (non-hydrogen) atoms. The lowest BCUT2D eigenvalue weighted by Crippen LogP contribution is -2.23. The number of carbonyl (C=O) groups is 1. The van der Waals surface area contributed by atoms with Gasteiger partial charge in [0.05, 0.1) is 17.7 Å². The summed E-state index contributed by atoms with van der Waals surface area (Å²) in [6.45, 7) is 2.33. The molecule has 3 nitrogen and oxygen atoms in total. The highest BCUT2D eigenvalue weighted by molar-refractivity contribution is 6.33. The van der Waals surface area contributed by atoms with Crippen LogP contribution in [-0.4, -0.2) is 13.0 Å². The summed E-state index contributed by atoms with van der Waals surface area (Å²) in [5.74, 6) is 0.559. The van der Waals surface area contributed by atoms with Crippen LogP contribution in [0.2, 0.25) is 5.02 Å². The molecule has 0 atom stereocenters. The predicted octanol–water partition coefficient (Wildman–Crippen LogP) is 3.59. The quantitative estimate of drug-likeness (QED) is 0.934. The van der Waals surface area contributed by atoms with Gasteiger partial charge in [0.1, 0.15) is 5.75 Å². The number of hydrogen-bond acceptors (Lipinski definition) is 2. The van der Waals surface area contributed by atoms with Crippen LogP contribution < -0.4 is 10.1 Å². The molecule has 0 unspecified atom stereocenters. The number of ether oxygens (including phenoxy) is 1. The zero-order chi connectivity index (χ0) is 14.5. The molecule has 0 spiro atoms. The molecular formula is C16H16ClNO2. The maximum Gasteiger partial charge on any atom is 0.253 e. The summed E-state index contributed by atoms with van der Waals surface area (Å²) in [4.78, 5) is 12.1. The SMILES string of the molecule is COc1ccccc1CNC(=O)c1ccc(C)cc1Cl. The Morgan fingerprint density at radius 1 is 1.25 bits per heavy atom. The Kier molecular flexibility index (Phi) is 4.64. The first kappa shape index (κ1) is 14.4. The van der Waals surface area contributed by atoms with Gasteiger partial charge in [-0.3, -0.25) is 4.79 Å². The van der Waals surface area contributed by atoms with Crippen molar-refractivity contribution in [3.05, 3.63) is 64.2 Å². The van der Waals surface area contributed by atoms with Crippen LogP contribution in [0.25, 0.3) is 0 Å². The Morgan fingerprint density at radius 2 is 2.00 bits per heavy atom. The maximum atomic E-state index is 12.1. The average Bonchev–Trinajstić information content (AvgIpc) is 2.45. The molecule has 0 aromatic heterocycles. The minimum Gasteiger partial charge on any atom is -0.496 e. The van der Waals surface area contributed by atoms with E-state index in [1.807, 2.05) is 37.3 Å². The minimum absolute atomic E-state index is 0.194. The van der Waals surface area contributed by atoms with Gasteiger partial charge in [-0.2, -0.15) is 0 Å². The fraction of sp³-hybridized carbons (Fsp3) is 0.188. The number of amides is 1. The third kappa shape index (κ3) is 3.31. The molecule has 0 radical (unpaired) electrons. The lowest BCUT2D eigenvalue weighted by atomic mass is 10.1. The summed E-state index contributed by atoms with van der Waals surface area (Å²) in [7, 11) is 1.61. The molecule has 0 bridgehead atoms. The second kappa shape index (κ2) is 6.44. The van der Waals surface area contributed by atoms with Gasteiger partial charge >= 0.3 is 0 Å². The van der Waals surface area contributed by atoms with Crippen LogP contribution in [0.3, 0.4) is 0 Å². The van der Waals surface area contributed by atoms with Crippen LogP contribution in [0, 0.1) is 6.92 Å². The van der Waals surface area contributed by atoms with Crippen molar-refractivity contribution in [2.45, 2.75) is 13.5 Å². The highest BCUT2D eigenvalue weighted by Gasteiger charge is 2.11. The Hall–Kier alpha value is -2.00. The van der Waals surface area contributed by atoms with Gasteiger partial charge in [-0.05, 0) is 30.7 Å². The van der Waals surface area contributed by atoms with E-state index in [9.17, 15) is 4.79 Å². The number of hydrogen-bond donors (Lipinski definition) is 1. The molecular weight excluding hydrogens is 274 g/mol. The number of aryl methyl sites for hydroxylation is 1. The zero-order valence-electron chi connectivity index (χ0n) is 11.4. The molecule has 2 aromatic rings. The van der Waals surface area contributed by atoms with Crippen molar-refractivity contribution in [2.75, 3.05) is 7.11 Å². The largest absolute Gasteiger partial charge is 0.496 e. The van der Waals surface area contributed by atoms with Crippen molar-refractivity contribution in [3.8, 4) is 5.75 Å². The van der Waals surface area contributed by atoms with E-state index < -0.39 is 0 Å². The molecule has 1 amide bonds. The van der Waals surface area contributed by atoms with E-state index in [4.69, 9.17) is 16.3 Å². The number of rotatable bonds is 4. The normalized spacial score (nSPS) is 10.2. The van der Waals surface area contributed by atoms with Gasteiger partial charge in [0.25, 0.3) is 5.91 Å². The van der Waals surface area contributed by atoms with E-state index in [-0.39, 0.29) is 5.91 Å². The third-order valence-electron chi connectivity index (χ3n) is 3.00. The molecule has 1 N–H and O–H groups in total. The van der Waals surface area contributed by atoms with Crippen LogP contribution in [0.4, 0.5) is 0 Å². The molecule has 2 rings (SSSR count). The Labute approximate surface area is 123 Å². The molecule has 0 aliphatic heterocycles. The molecule has 104 valence electrons. The number of halogens is 1. The van der Waals surface area contributed by atoms with Gasteiger partial charge in [-0.15, -0.1) is 0 Å². The monoisotopic (exact) mass is 289 g/mol. The summed E-state index contributed by atoms with van der Waals surface area (Å²) in [5.41, 5.74) is 2.43. The van der Waals surface area contributed by atoms with Crippen LogP contribution in [0.5, 0.6) is 5.75 Å². The van der Waals surface area contributed by atoms with Crippen LogP contribution in [-0.2, 0) is 6.54 Å². The second-order valence-electron chi connectivity index (χ2n) is 4.48. The van der Waals surface area contributed by atoms with E-state index in [0.717, 1.165) is 16.9 Å². The molecule has 0 saturated carbocycles. The number of carbonyl (C=O) groups excluding carboxylic acids is 1. The fourth-order valence-corrected chi connectivity index (χ4v) is 2.24. The van der Waals surface area contributed by atoms with Crippen LogP contribution in [0.1, 0.15) is 21.5 Å². The van der Waals surface area contributed by atoms with Gasteiger partial charge < -0.3 is 10.1 Å². The van der Waals surface area contributed by atoms with Crippen LogP contribution >= 0.6 is 11.6 Å². The summed E-state index contributed by atoms with van der Waals surface area (Å²) in [6.07, 6.45) is 0. The van der Waals surface area contributed by atoms with Gasteiger partial charge in [-0.1, -0.05) is 35.9 Å². The molecule has 4 heteroatoms. The lowest BCUT2D eigenvalue weighted by Gasteiger charge is -2.10. The number of para-hydroxylation sites is 1. The molecule has 0 aliphatic carbocycles. The molecule has 0 heterocycles. The minimum atomic E-state index is -0.194. The van der Waals surface area contributed by atoms with Gasteiger partial charge in [0, 0.05) is 12.1 Å². The highest BCUT2D eigenvalue weighted by Crippen LogP contribution is 2.19. The van der Waals surface area contributed by atoms with Gasteiger partial charge in [-0.25, -0.2) is 0 Å². The first-order valence-electron chi connectivity index (χ1n) is 6.28. The molecule has 0 saturated heterocycles. The second-order valence-corrected chi connectivity index (χ2v) is 4.89. The standard InChI is InChI=1S/C16H16ClNO2/c1-11-7-8-13(14(17)9-11)16(19)18-10-12-5-3-4-6-15(12)20-2/h3-9H,10H2,1-2H3,(H,18,19). The van der Waals surface area contributed by atoms with Crippen molar-refractivity contribution >= 4 is 17.5 Å². The Morgan fingerprint density at radius 3 is 2.70 bits per heavy atom. The van der Waals surface area contributed by atoms with Crippen molar-refractivity contribution < 1.29 is 9.53 Å². The number of methoxy groups -OCH3 is 1. The van der Waals surface area contributed by atoms with Gasteiger partial charge in [0.2, 0.25) is 0 Å². The predicted molar refractivity (Wildman–Crippen MR) is 80.4 cm³/mol. The van der Waals surface area contributed by atoms with Crippen molar-refractivity contribution in [3.63, 3.8) is 0 Å². The summed E-state index contributed by atoms with van der Waals surface area (Å²) < 4.78 is 5.25. The summed E-state index contributed by atoms with van der Waals surface area (Å²) >= 11 is 6.08. The maximum absolute atomic E-state index is 12.1. The van der Waals surface area contributed by atoms with Crippen molar-refractivity contribution in [1.82, 2.24) is 5.32 Å². The van der Waals surface area contributed by atoms with Crippen molar-refractivity contribution in [1.29, 1.82) is 0 Å². The van der Waals surface area contributed by atoms with Gasteiger partial charge in [0.15, 0.2) is 0 Å². The molecule has 0 aliphatic rings.